The minimum Gasteiger partial charge on any atom is -0.450 e. The molecular weight excluding hydrogens is 205 g/mol. The third-order valence-electron chi connectivity index (χ3n) is 2.10. The van der Waals surface area contributed by atoms with Crippen LogP contribution in [0.3, 0.4) is 0 Å². The molecule has 1 aliphatic heterocycles. The molecular formula is C7H9F3O4. The van der Waals surface area contributed by atoms with Gasteiger partial charge in [0.1, 0.15) is 0 Å². The summed E-state index contributed by atoms with van der Waals surface area (Å²) < 4.78 is 46.2. The summed E-state index contributed by atoms with van der Waals surface area (Å²) in [6.45, 7) is -0.292. The molecule has 7 heteroatoms. The van der Waals surface area contributed by atoms with Crippen molar-refractivity contribution in [3.8, 4) is 0 Å². The molecule has 0 saturated carbocycles. The number of hydrogen-bond donors (Lipinski definition) is 1. The average Bonchev–Trinajstić information content (AvgIpc) is 2.02. The van der Waals surface area contributed by atoms with E-state index in [0.717, 1.165) is 0 Å². The molecule has 1 aliphatic rings. The van der Waals surface area contributed by atoms with Gasteiger partial charge in [-0.1, -0.05) is 0 Å². The summed E-state index contributed by atoms with van der Waals surface area (Å²) in [6.07, 6.45) is -7.56. The van der Waals surface area contributed by atoms with Gasteiger partial charge in [-0.05, 0) is 0 Å². The summed E-state index contributed by atoms with van der Waals surface area (Å²) >= 11 is 0. The number of halogens is 3. The molecule has 0 unspecified atom stereocenters. The largest absolute Gasteiger partial charge is 0.506 e. The van der Waals surface area contributed by atoms with Crippen molar-refractivity contribution in [2.75, 3.05) is 13.2 Å². The van der Waals surface area contributed by atoms with Crippen molar-refractivity contribution in [3.05, 3.63) is 0 Å². The van der Waals surface area contributed by atoms with Crippen molar-refractivity contribution in [2.24, 2.45) is 0 Å². The van der Waals surface area contributed by atoms with E-state index in [9.17, 15) is 18.0 Å². The van der Waals surface area contributed by atoms with Crippen molar-refractivity contribution in [2.45, 2.75) is 24.6 Å². The standard InChI is InChI=1S/C7H9F3O4/c8-7(9,10)6(14-5(11)12)1-3-13-4-2-6/h1-4H2,(H,11,12). The van der Waals surface area contributed by atoms with Crippen molar-refractivity contribution in [1.82, 2.24) is 0 Å². The van der Waals surface area contributed by atoms with Crippen LogP contribution in [0.5, 0.6) is 0 Å². The summed E-state index contributed by atoms with van der Waals surface area (Å²) in [7, 11) is 0. The van der Waals surface area contributed by atoms with Crippen molar-refractivity contribution in [1.29, 1.82) is 0 Å². The van der Waals surface area contributed by atoms with Gasteiger partial charge in [0.25, 0.3) is 0 Å². The molecule has 0 aromatic rings. The highest BCUT2D eigenvalue weighted by molar-refractivity contribution is 5.57. The fourth-order valence-corrected chi connectivity index (χ4v) is 1.31. The van der Waals surface area contributed by atoms with Gasteiger partial charge in [0.2, 0.25) is 5.60 Å². The Bertz CT molecular complexity index is 219. The Labute approximate surface area is 77.6 Å². The monoisotopic (exact) mass is 214 g/mol. The molecule has 0 atom stereocenters. The van der Waals surface area contributed by atoms with Gasteiger partial charge in [-0.15, -0.1) is 0 Å². The maximum atomic E-state index is 12.5. The van der Waals surface area contributed by atoms with E-state index in [4.69, 9.17) is 9.84 Å². The highest BCUT2D eigenvalue weighted by Gasteiger charge is 2.58. The molecule has 1 rings (SSSR count). The Hall–Kier alpha value is -0.980. The first-order valence-corrected chi connectivity index (χ1v) is 3.94. The van der Waals surface area contributed by atoms with Crippen LogP contribution in [0, 0.1) is 0 Å². The smallest absolute Gasteiger partial charge is 0.450 e. The summed E-state index contributed by atoms with van der Waals surface area (Å²) in [5, 5.41) is 8.23. The van der Waals surface area contributed by atoms with E-state index in [2.05, 4.69) is 4.74 Å². The molecule has 0 aliphatic carbocycles. The number of carboxylic acid groups (broad SMARTS) is 1. The molecule has 0 aromatic carbocycles. The van der Waals surface area contributed by atoms with Gasteiger partial charge in [0.05, 0.1) is 13.2 Å². The molecule has 4 nitrogen and oxygen atoms in total. The Morgan fingerprint density at radius 1 is 1.36 bits per heavy atom. The van der Waals surface area contributed by atoms with E-state index in [1.807, 2.05) is 0 Å². The van der Waals surface area contributed by atoms with Gasteiger partial charge < -0.3 is 14.6 Å². The van der Waals surface area contributed by atoms with Gasteiger partial charge in [-0.2, -0.15) is 13.2 Å². The van der Waals surface area contributed by atoms with Crippen LogP contribution in [0.4, 0.5) is 18.0 Å². The zero-order chi connectivity index (χ0) is 10.8. The van der Waals surface area contributed by atoms with E-state index >= 15 is 0 Å². The first kappa shape index (κ1) is 11.1. The van der Waals surface area contributed by atoms with Gasteiger partial charge in [-0.3, -0.25) is 0 Å². The van der Waals surface area contributed by atoms with Crippen molar-refractivity contribution >= 4 is 6.16 Å². The lowest BCUT2D eigenvalue weighted by Gasteiger charge is -2.36. The number of carbonyl (C=O) groups is 1. The molecule has 0 radical (unpaired) electrons. The Morgan fingerprint density at radius 3 is 2.21 bits per heavy atom. The molecule has 1 fully saturated rings. The number of rotatable bonds is 1. The molecule has 82 valence electrons. The molecule has 0 aromatic heterocycles. The average molecular weight is 214 g/mol. The molecule has 0 spiro atoms. The van der Waals surface area contributed by atoms with Crippen LogP contribution >= 0.6 is 0 Å². The number of alkyl halides is 3. The van der Waals surface area contributed by atoms with Crippen LogP contribution in [-0.4, -0.2) is 36.3 Å². The molecule has 1 N–H and O–H groups in total. The van der Waals surface area contributed by atoms with E-state index in [1.165, 1.54) is 0 Å². The first-order valence-electron chi connectivity index (χ1n) is 3.94. The van der Waals surface area contributed by atoms with Crippen LogP contribution in [0.15, 0.2) is 0 Å². The first-order chi connectivity index (χ1) is 6.37. The fraction of sp³-hybridized carbons (Fsp3) is 0.857. The van der Waals surface area contributed by atoms with E-state index in [0.29, 0.717) is 0 Å². The van der Waals surface area contributed by atoms with Gasteiger partial charge >= 0.3 is 12.3 Å². The van der Waals surface area contributed by atoms with E-state index in [-0.39, 0.29) is 13.2 Å². The maximum Gasteiger partial charge on any atom is 0.506 e. The minimum absolute atomic E-state index is 0.146. The molecule has 1 heterocycles. The minimum atomic E-state index is -4.69. The topological polar surface area (TPSA) is 55.8 Å². The maximum absolute atomic E-state index is 12.5. The van der Waals surface area contributed by atoms with Gasteiger partial charge in [0, 0.05) is 12.8 Å². The Morgan fingerprint density at radius 2 is 1.86 bits per heavy atom. The lowest BCUT2D eigenvalue weighted by atomic mass is 9.93. The fourth-order valence-electron chi connectivity index (χ4n) is 1.31. The Balaban J connectivity index is 2.83. The van der Waals surface area contributed by atoms with Gasteiger partial charge in [-0.25, -0.2) is 4.79 Å². The third-order valence-corrected chi connectivity index (χ3v) is 2.10. The molecule has 14 heavy (non-hydrogen) atoms. The van der Waals surface area contributed by atoms with E-state index < -0.39 is 30.8 Å². The van der Waals surface area contributed by atoms with E-state index in [1.54, 1.807) is 0 Å². The number of ether oxygens (including phenoxy) is 2. The second-order valence-corrected chi connectivity index (χ2v) is 2.97. The van der Waals surface area contributed by atoms with Crippen molar-refractivity contribution in [3.63, 3.8) is 0 Å². The second-order valence-electron chi connectivity index (χ2n) is 2.97. The van der Waals surface area contributed by atoms with Crippen LogP contribution in [0.2, 0.25) is 0 Å². The SMILES string of the molecule is O=C(O)OC1(C(F)(F)F)CCOCC1. The quantitative estimate of drug-likeness (QED) is 0.676. The predicted octanol–water partition coefficient (Wildman–Crippen LogP) is 1.79. The van der Waals surface area contributed by atoms with Gasteiger partial charge in [0.15, 0.2) is 0 Å². The summed E-state index contributed by atoms with van der Waals surface area (Å²) in [6, 6.07) is 0. The third kappa shape index (κ3) is 2.09. The zero-order valence-corrected chi connectivity index (χ0v) is 7.13. The van der Waals surface area contributed by atoms with Crippen LogP contribution in [-0.2, 0) is 9.47 Å². The highest BCUT2D eigenvalue weighted by Crippen LogP contribution is 2.41. The van der Waals surface area contributed by atoms with Crippen LogP contribution in [0.25, 0.3) is 0 Å². The van der Waals surface area contributed by atoms with Crippen LogP contribution in [0.1, 0.15) is 12.8 Å². The normalized spacial score (nSPS) is 21.6. The zero-order valence-electron chi connectivity index (χ0n) is 7.13. The second kappa shape index (κ2) is 3.64. The van der Waals surface area contributed by atoms with Crippen molar-refractivity contribution < 1.29 is 32.5 Å². The summed E-state index contributed by atoms with van der Waals surface area (Å²) in [4.78, 5) is 10.2. The lowest BCUT2D eigenvalue weighted by Crippen LogP contribution is -2.52. The molecule has 0 bridgehead atoms. The van der Waals surface area contributed by atoms with Crippen LogP contribution < -0.4 is 0 Å². The Kier molecular flexibility index (Phi) is 2.89. The molecule has 1 saturated heterocycles. The highest BCUT2D eigenvalue weighted by atomic mass is 19.4. The molecule has 0 amide bonds. The lowest BCUT2D eigenvalue weighted by molar-refractivity contribution is -0.281. The summed E-state index contributed by atoms with van der Waals surface area (Å²) in [5.74, 6) is 0. The summed E-state index contributed by atoms with van der Waals surface area (Å²) in [5.41, 5.74) is -2.59. The number of hydrogen-bond acceptors (Lipinski definition) is 3. The predicted molar refractivity (Wildman–Crippen MR) is 37.9 cm³/mol.